The number of nitrogens with zero attached hydrogens (tertiary/aromatic N) is 1. The lowest BCUT2D eigenvalue weighted by atomic mass is 10.1. The molecule has 0 aliphatic heterocycles. The third kappa shape index (κ3) is 4.32. The van der Waals surface area contributed by atoms with Crippen molar-refractivity contribution in [2.75, 3.05) is 13.6 Å². The van der Waals surface area contributed by atoms with Crippen LogP contribution >= 0.6 is 0 Å². The summed E-state index contributed by atoms with van der Waals surface area (Å²) < 4.78 is 0. The molecule has 0 fully saturated rings. The lowest BCUT2D eigenvalue weighted by Gasteiger charge is -2.16. The highest BCUT2D eigenvalue weighted by atomic mass is 16.2. The highest BCUT2D eigenvalue weighted by Crippen LogP contribution is 2.06. The molecule has 0 unspecified atom stereocenters. The van der Waals surface area contributed by atoms with Crippen LogP contribution in [0.1, 0.15) is 34.5 Å². The van der Waals surface area contributed by atoms with Crippen LogP contribution in [0.5, 0.6) is 0 Å². The molecule has 4 heteroatoms. The molecule has 0 saturated carbocycles. The van der Waals surface area contributed by atoms with Gasteiger partial charge in [0.2, 0.25) is 0 Å². The van der Waals surface area contributed by atoms with Gasteiger partial charge in [-0.1, -0.05) is 30.3 Å². The average molecular weight is 298 g/mol. The zero-order valence-corrected chi connectivity index (χ0v) is 13.1. The third-order valence-electron chi connectivity index (χ3n) is 3.68. The highest BCUT2D eigenvalue weighted by molar-refractivity contribution is 5.93. The molecule has 0 radical (unpaired) electrons. The second-order valence-electron chi connectivity index (χ2n) is 5.55. The van der Waals surface area contributed by atoms with Crippen LogP contribution in [0.15, 0.2) is 47.3 Å². The number of hydrogen-bond donors (Lipinski definition) is 1. The van der Waals surface area contributed by atoms with E-state index in [1.807, 2.05) is 18.2 Å². The maximum atomic E-state index is 12.2. The van der Waals surface area contributed by atoms with E-state index < -0.39 is 0 Å². The number of benzene rings is 1. The van der Waals surface area contributed by atoms with E-state index in [0.29, 0.717) is 6.54 Å². The van der Waals surface area contributed by atoms with Gasteiger partial charge < -0.3 is 9.88 Å². The van der Waals surface area contributed by atoms with Gasteiger partial charge in [-0.05, 0) is 43.9 Å². The normalized spacial score (nSPS) is 10.5. The van der Waals surface area contributed by atoms with Crippen molar-refractivity contribution in [2.45, 2.75) is 26.2 Å². The molecule has 22 heavy (non-hydrogen) atoms. The van der Waals surface area contributed by atoms with Gasteiger partial charge >= 0.3 is 0 Å². The Hall–Kier alpha value is -2.36. The van der Waals surface area contributed by atoms with Crippen LogP contribution in [0.3, 0.4) is 0 Å². The molecule has 2 rings (SSSR count). The molecule has 0 bridgehead atoms. The van der Waals surface area contributed by atoms with Crippen LogP contribution in [-0.4, -0.2) is 29.4 Å². The Balaban J connectivity index is 1.83. The molecular formula is C18H22N2O2. The number of carbonyl (C=O) groups is 1. The zero-order chi connectivity index (χ0) is 15.9. The van der Waals surface area contributed by atoms with E-state index in [2.05, 4.69) is 17.1 Å². The second kappa shape index (κ2) is 7.59. The van der Waals surface area contributed by atoms with E-state index >= 15 is 0 Å². The minimum absolute atomic E-state index is 0.205. The van der Waals surface area contributed by atoms with Gasteiger partial charge in [0.25, 0.3) is 11.5 Å². The zero-order valence-electron chi connectivity index (χ0n) is 13.1. The average Bonchev–Trinajstić information content (AvgIpc) is 2.52. The van der Waals surface area contributed by atoms with Crippen molar-refractivity contribution in [1.82, 2.24) is 9.88 Å². The maximum absolute atomic E-state index is 12.2. The lowest BCUT2D eigenvalue weighted by Crippen LogP contribution is -2.32. The van der Waals surface area contributed by atoms with E-state index in [1.54, 1.807) is 31.0 Å². The second-order valence-corrected chi connectivity index (χ2v) is 5.55. The summed E-state index contributed by atoms with van der Waals surface area (Å²) in [4.78, 5) is 28.3. The fourth-order valence-corrected chi connectivity index (χ4v) is 2.37. The van der Waals surface area contributed by atoms with Gasteiger partial charge in [-0.2, -0.15) is 0 Å². The largest absolute Gasteiger partial charge is 0.342 e. The lowest BCUT2D eigenvalue weighted by molar-refractivity contribution is 0.0791. The SMILES string of the molecule is Cc1ccc(C(=O)N(C)CCCCc2ccccc2)c(=O)[nH]1. The summed E-state index contributed by atoms with van der Waals surface area (Å²) in [6, 6.07) is 13.6. The van der Waals surface area contributed by atoms with Gasteiger partial charge in [-0.15, -0.1) is 0 Å². The molecule has 1 heterocycles. The number of unbranched alkanes of at least 4 members (excludes halogenated alkanes) is 1. The fourth-order valence-electron chi connectivity index (χ4n) is 2.37. The number of nitrogens with one attached hydrogen (secondary N) is 1. The van der Waals surface area contributed by atoms with Gasteiger partial charge in [-0.3, -0.25) is 9.59 Å². The molecule has 1 aromatic carbocycles. The number of rotatable bonds is 6. The standard InChI is InChI=1S/C18H22N2O2/c1-14-11-12-16(17(21)19-14)18(22)20(2)13-7-6-10-15-8-4-3-5-9-15/h3-5,8-9,11-12H,6-7,10,13H2,1-2H3,(H,19,21). The molecule has 1 aromatic heterocycles. The van der Waals surface area contributed by atoms with E-state index in [9.17, 15) is 9.59 Å². The molecule has 4 nitrogen and oxygen atoms in total. The Bertz CT molecular complexity index is 677. The van der Waals surface area contributed by atoms with E-state index in [0.717, 1.165) is 25.0 Å². The minimum atomic E-state index is -0.318. The number of aromatic amines is 1. The monoisotopic (exact) mass is 298 g/mol. The first-order chi connectivity index (χ1) is 10.6. The molecule has 0 spiro atoms. The Morgan fingerprint density at radius 3 is 2.50 bits per heavy atom. The molecule has 0 aliphatic carbocycles. The molecule has 0 atom stereocenters. The van der Waals surface area contributed by atoms with Crippen molar-refractivity contribution in [2.24, 2.45) is 0 Å². The Kier molecular flexibility index (Phi) is 5.53. The van der Waals surface area contributed by atoms with Crippen molar-refractivity contribution in [3.8, 4) is 0 Å². The predicted octanol–water partition coefficient (Wildman–Crippen LogP) is 2.78. The van der Waals surface area contributed by atoms with Crippen LogP contribution in [0, 0.1) is 6.92 Å². The number of pyridine rings is 1. The Labute approximate surface area is 130 Å². The summed E-state index contributed by atoms with van der Waals surface area (Å²) in [7, 11) is 1.74. The number of aryl methyl sites for hydroxylation is 2. The minimum Gasteiger partial charge on any atom is -0.342 e. The molecule has 1 amide bonds. The van der Waals surface area contributed by atoms with E-state index in [1.165, 1.54) is 5.56 Å². The molecule has 0 saturated heterocycles. The summed E-state index contributed by atoms with van der Waals surface area (Å²) >= 11 is 0. The van der Waals surface area contributed by atoms with Crippen LogP contribution in [0.25, 0.3) is 0 Å². The first-order valence-electron chi connectivity index (χ1n) is 7.57. The van der Waals surface area contributed by atoms with Crippen LogP contribution in [0.2, 0.25) is 0 Å². The molecule has 116 valence electrons. The van der Waals surface area contributed by atoms with Gasteiger partial charge in [0.05, 0.1) is 0 Å². The van der Waals surface area contributed by atoms with Crippen molar-refractivity contribution < 1.29 is 4.79 Å². The summed E-state index contributed by atoms with van der Waals surface area (Å²) in [5, 5.41) is 0. The first-order valence-corrected chi connectivity index (χ1v) is 7.57. The molecular weight excluding hydrogens is 276 g/mol. The van der Waals surface area contributed by atoms with Gasteiger partial charge in [0, 0.05) is 19.3 Å². The van der Waals surface area contributed by atoms with Crippen LogP contribution < -0.4 is 5.56 Å². The number of amides is 1. The van der Waals surface area contributed by atoms with E-state index in [4.69, 9.17) is 0 Å². The first kappa shape index (κ1) is 16.0. The summed E-state index contributed by atoms with van der Waals surface area (Å²) in [5.74, 6) is -0.221. The van der Waals surface area contributed by atoms with Crippen molar-refractivity contribution in [3.63, 3.8) is 0 Å². The molecule has 2 aromatic rings. The summed E-state index contributed by atoms with van der Waals surface area (Å²) in [6.45, 7) is 2.45. The van der Waals surface area contributed by atoms with Crippen molar-refractivity contribution in [3.05, 3.63) is 69.6 Å². The van der Waals surface area contributed by atoms with Crippen molar-refractivity contribution >= 4 is 5.91 Å². The van der Waals surface area contributed by atoms with E-state index in [-0.39, 0.29) is 17.0 Å². The number of hydrogen-bond acceptors (Lipinski definition) is 2. The van der Waals surface area contributed by atoms with Crippen LogP contribution in [-0.2, 0) is 6.42 Å². The van der Waals surface area contributed by atoms with Crippen molar-refractivity contribution in [1.29, 1.82) is 0 Å². The van der Waals surface area contributed by atoms with Gasteiger partial charge in [0.15, 0.2) is 0 Å². The summed E-state index contributed by atoms with van der Waals surface area (Å²) in [6.07, 6.45) is 2.95. The number of aromatic nitrogens is 1. The van der Waals surface area contributed by atoms with Crippen LogP contribution in [0.4, 0.5) is 0 Å². The predicted molar refractivity (Wildman–Crippen MR) is 88.1 cm³/mol. The summed E-state index contributed by atoms with van der Waals surface area (Å²) in [5.41, 5.74) is 1.95. The Morgan fingerprint density at radius 2 is 1.82 bits per heavy atom. The Morgan fingerprint density at radius 1 is 1.09 bits per heavy atom. The third-order valence-corrected chi connectivity index (χ3v) is 3.68. The topological polar surface area (TPSA) is 53.2 Å². The highest BCUT2D eigenvalue weighted by Gasteiger charge is 2.14. The number of H-pyrrole nitrogens is 1. The van der Waals surface area contributed by atoms with Gasteiger partial charge in [-0.25, -0.2) is 0 Å². The smallest absolute Gasteiger partial charge is 0.260 e. The fraction of sp³-hybridized carbons (Fsp3) is 0.333. The number of carbonyl (C=O) groups excluding carboxylic acids is 1. The molecule has 1 N–H and O–H groups in total. The van der Waals surface area contributed by atoms with Gasteiger partial charge in [0.1, 0.15) is 5.56 Å². The maximum Gasteiger partial charge on any atom is 0.260 e. The quantitative estimate of drug-likeness (QED) is 0.834. The molecule has 0 aliphatic rings.